The van der Waals surface area contributed by atoms with Crippen molar-refractivity contribution in [3.63, 3.8) is 0 Å². The Morgan fingerprint density at radius 2 is 2.00 bits per heavy atom. The second kappa shape index (κ2) is 7.42. The van der Waals surface area contributed by atoms with E-state index >= 15 is 0 Å². The number of aromatic nitrogens is 1. The molecule has 0 spiro atoms. The lowest BCUT2D eigenvalue weighted by Gasteiger charge is -2.13. The van der Waals surface area contributed by atoms with Crippen molar-refractivity contribution in [1.82, 2.24) is 15.6 Å². The molecule has 6 heteroatoms. The third kappa shape index (κ3) is 4.10. The quantitative estimate of drug-likeness (QED) is 0.667. The highest BCUT2D eigenvalue weighted by Crippen LogP contribution is 2.20. The van der Waals surface area contributed by atoms with E-state index in [1.54, 1.807) is 17.5 Å². The van der Waals surface area contributed by atoms with Crippen LogP contribution in [0.1, 0.15) is 21.6 Å². The van der Waals surface area contributed by atoms with Crippen molar-refractivity contribution in [2.24, 2.45) is 0 Å². The summed E-state index contributed by atoms with van der Waals surface area (Å²) in [7, 11) is 0. The molecule has 1 aromatic heterocycles. The molecule has 124 valence electrons. The molecule has 1 heterocycles. The second-order valence-electron chi connectivity index (χ2n) is 5.55. The lowest BCUT2D eigenvalue weighted by atomic mass is 10.0. The number of nitrogens with zero attached hydrogens (tertiary/aromatic N) is 1. The highest BCUT2D eigenvalue weighted by molar-refractivity contribution is 7.11. The maximum atomic E-state index is 11.8. The highest BCUT2D eigenvalue weighted by Gasteiger charge is 2.10. The number of nitrogens with one attached hydrogen (secondary N) is 2. The molecular formula is C18H19N3O2S. The molecule has 2 aromatic carbocycles. The van der Waals surface area contributed by atoms with Gasteiger partial charge in [0, 0.05) is 17.6 Å². The smallest absolute Gasteiger partial charge is 0.315 e. The Labute approximate surface area is 144 Å². The van der Waals surface area contributed by atoms with Crippen molar-refractivity contribution in [3.05, 3.63) is 64.1 Å². The molecule has 0 fully saturated rings. The standard InChI is InChI=1S/C18H19N3O2S/c1-12-9-19-17(24-12)11-21-18(23)20-10-16(22)15-7-6-13-4-2-3-5-14(13)8-15/h2-9,16,22H,10-11H2,1H3,(H2,20,21,23). The number of carbonyl (C=O) groups is 1. The van der Waals surface area contributed by atoms with Gasteiger partial charge < -0.3 is 15.7 Å². The van der Waals surface area contributed by atoms with E-state index < -0.39 is 6.10 Å². The van der Waals surface area contributed by atoms with Crippen LogP contribution in [0, 0.1) is 6.92 Å². The SMILES string of the molecule is Cc1cnc(CNC(=O)NCC(O)c2ccc3ccccc3c2)s1. The number of amides is 2. The summed E-state index contributed by atoms with van der Waals surface area (Å²) in [6.07, 6.45) is 1.03. The molecule has 0 aliphatic carbocycles. The molecule has 2 amide bonds. The van der Waals surface area contributed by atoms with Gasteiger partial charge in [0.15, 0.2) is 0 Å². The van der Waals surface area contributed by atoms with E-state index in [-0.39, 0.29) is 12.6 Å². The maximum Gasteiger partial charge on any atom is 0.315 e. The number of aliphatic hydroxyl groups is 1. The summed E-state index contributed by atoms with van der Waals surface area (Å²) in [5.41, 5.74) is 0.782. The molecule has 0 aliphatic rings. The van der Waals surface area contributed by atoms with Gasteiger partial charge in [-0.15, -0.1) is 11.3 Å². The zero-order valence-electron chi connectivity index (χ0n) is 13.3. The molecule has 0 bridgehead atoms. The average Bonchev–Trinajstić information content (AvgIpc) is 3.02. The number of hydrogen-bond acceptors (Lipinski definition) is 4. The van der Waals surface area contributed by atoms with Gasteiger partial charge in [0.2, 0.25) is 0 Å². The normalized spacial score (nSPS) is 12.1. The molecule has 1 unspecified atom stereocenters. The molecule has 5 nitrogen and oxygen atoms in total. The van der Waals surface area contributed by atoms with Crippen LogP contribution in [0.15, 0.2) is 48.7 Å². The minimum Gasteiger partial charge on any atom is -0.387 e. The third-order valence-electron chi connectivity index (χ3n) is 3.68. The van der Waals surface area contributed by atoms with Crippen LogP contribution >= 0.6 is 11.3 Å². The summed E-state index contributed by atoms with van der Waals surface area (Å²) >= 11 is 1.55. The predicted molar refractivity (Wildman–Crippen MR) is 96.0 cm³/mol. The van der Waals surface area contributed by atoms with Gasteiger partial charge >= 0.3 is 6.03 Å². The topological polar surface area (TPSA) is 74.2 Å². The first kappa shape index (κ1) is 16.4. The fraction of sp³-hybridized carbons (Fsp3) is 0.222. The van der Waals surface area contributed by atoms with Gasteiger partial charge in [-0.05, 0) is 29.3 Å². The van der Waals surface area contributed by atoms with Gasteiger partial charge in [0.1, 0.15) is 5.01 Å². The molecule has 1 atom stereocenters. The zero-order chi connectivity index (χ0) is 16.9. The number of hydrogen-bond donors (Lipinski definition) is 3. The van der Waals surface area contributed by atoms with Crippen LogP contribution in [0.5, 0.6) is 0 Å². The van der Waals surface area contributed by atoms with Gasteiger partial charge in [-0.1, -0.05) is 36.4 Å². The fourth-order valence-electron chi connectivity index (χ4n) is 2.42. The largest absolute Gasteiger partial charge is 0.387 e. The van der Waals surface area contributed by atoms with E-state index in [2.05, 4.69) is 15.6 Å². The lowest BCUT2D eigenvalue weighted by molar-refractivity contribution is 0.173. The summed E-state index contributed by atoms with van der Waals surface area (Å²) in [5, 5.41) is 18.7. The molecule has 3 rings (SSSR count). The summed E-state index contributed by atoms with van der Waals surface area (Å²) in [4.78, 5) is 17.1. The fourth-order valence-corrected chi connectivity index (χ4v) is 3.15. The molecule has 0 saturated heterocycles. The first-order chi connectivity index (χ1) is 11.6. The Hall–Kier alpha value is -2.44. The van der Waals surface area contributed by atoms with Crippen LogP contribution in [0.4, 0.5) is 4.79 Å². The van der Waals surface area contributed by atoms with Crippen molar-refractivity contribution in [3.8, 4) is 0 Å². The van der Waals surface area contributed by atoms with Gasteiger partial charge in [0.25, 0.3) is 0 Å². The lowest BCUT2D eigenvalue weighted by Crippen LogP contribution is -2.37. The Kier molecular flexibility index (Phi) is 5.08. The minimum absolute atomic E-state index is 0.154. The Morgan fingerprint density at radius 3 is 2.75 bits per heavy atom. The Bertz CT molecular complexity index is 847. The first-order valence-corrected chi connectivity index (χ1v) is 8.53. The van der Waals surface area contributed by atoms with E-state index in [1.165, 1.54) is 0 Å². The summed E-state index contributed by atoms with van der Waals surface area (Å²) in [6.45, 7) is 2.51. The zero-order valence-corrected chi connectivity index (χ0v) is 14.1. The number of aliphatic hydroxyl groups excluding tert-OH is 1. The molecule has 3 N–H and O–H groups in total. The van der Waals surface area contributed by atoms with Gasteiger partial charge in [-0.25, -0.2) is 9.78 Å². The minimum atomic E-state index is -0.748. The van der Waals surface area contributed by atoms with Gasteiger partial charge in [0.05, 0.1) is 12.6 Å². The second-order valence-corrected chi connectivity index (χ2v) is 6.87. The molecular weight excluding hydrogens is 322 g/mol. The van der Waals surface area contributed by atoms with Crippen molar-refractivity contribution >= 4 is 28.1 Å². The van der Waals surface area contributed by atoms with Crippen LogP contribution in [-0.4, -0.2) is 22.7 Å². The van der Waals surface area contributed by atoms with E-state index in [9.17, 15) is 9.90 Å². The van der Waals surface area contributed by atoms with Crippen molar-refractivity contribution in [1.29, 1.82) is 0 Å². The molecule has 0 radical (unpaired) electrons. The van der Waals surface area contributed by atoms with Crippen molar-refractivity contribution < 1.29 is 9.90 Å². The Morgan fingerprint density at radius 1 is 1.21 bits per heavy atom. The number of fused-ring (bicyclic) bond motifs is 1. The number of carbonyl (C=O) groups excluding carboxylic acids is 1. The number of rotatable bonds is 5. The van der Waals surface area contributed by atoms with E-state index in [1.807, 2.05) is 49.4 Å². The van der Waals surface area contributed by atoms with Crippen LogP contribution in [0.25, 0.3) is 10.8 Å². The molecule has 3 aromatic rings. The van der Waals surface area contributed by atoms with Gasteiger partial charge in [-0.3, -0.25) is 0 Å². The molecule has 0 aliphatic heterocycles. The van der Waals surface area contributed by atoms with Crippen LogP contribution in [-0.2, 0) is 6.54 Å². The summed E-state index contributed by atoms with van der Waals surface area (Å²) in [6, 6.07) is 13.4. The average molecular weight is 341 g/mol. The Balaban J connectivity index is 1.52. The number of aryl methyl sites for hydroxylation is 1. The highest BCUT2D eigenvalue weighted by atomic mass is 32.1. The van der Waals surface area contributed by atoms with E-state index in [0.717, 1.165) is 26.2 Å². The summed E-state index contributed by atoms with van der Waals surface area (Å²) in [5.74, 6) is 0. The van der Waals surface area contributed by atoms with E-state index in [4.69, 9.17) is 0 Å². The number of thiazole rings is 1. The maximum absolute atomic E-state index is 11.8. The van der Waals surface area contributed by atoms with Crippen molar-refractivity contribution in [2.75, 3.05) is 6.54 Å². The summed E-state index contributed by atoms with van der Waals surface area (Å²) < 4.78 is 0. The predicted octanol–water partition coefficient (Wildman–Crippen LogP) is 3.14. The molecule has 0 saturated carbocycles. The first-order valence-electron chi connectivity index (χ1n) is 7.71. The third-order valence-corrected chi connectivity index (χ3v) is 4.60. The van der Waals surface area contributed by atoms with Crippen LogP contribution in [0.3, 0.4) is 0 Å². The van der Waals surface area contributed by atoms with Crippen molar-refractivity contribution in [2.45, 2.75) is 19.6 Å². The number of urea groups is 1. The van der Waals surface area contributed by atoms with Crippen LogP contribution in [0.2, 0.25) is 0 Å². The van der Waals surface area contributed by atoms with E-state index in [0.29, 0.717) is 6.54 Å². The van der Waals surface area contributed by atoms with Crippen LogP contribution < -0.4 is 10.6 Å². The number of benzene rings is 2. The monoisotopic (exact) mass is 341 g/mol. The van der Waals surface area contributed by atoms with Gasteiger partial charge in [-0.2, -0.15) is 0 Å². The molecule has 24 heavy (non-hydrogen) atoms.